The SMILES string of the molecule is CN(C)C1CCCN(c2ncc(Cl)c(Nc3ccc4c(c3)c3c(c(=O)n4C)OCC(F)(F)C(C4CC4)N3)n2)C1. The summed E-state index contributed by atoms with van der Waals surface area (Å²) in [6.45, 7) is 0.847. The molecule has 1 aliphatic carbocycles. The first-order chi connectivity index (χ1) is 18.6. The Morgan fingerprint density at radius 2 is 2.05 bits per heavy atom. The summed E-state index contributed by atoms with van der Waals surface area (Å²) in [5, 5.41) is 7.23. The molecule has 4 heterocycles. The molecular weight excluding hydrogens is 528 g/mol. The molecule has 208 valence electrons. The second-order valence-electron chi connectivity index (χ2n) is 11.0. The molecular formula is C27H32ClF2N7O2. The fraction of sp³-hybridized carbons (Fsp3) is 0.519. The molecule has 1 aromatic carbocycles. The smallest absolute Gasteiger partial charge is 0.301 e. The Kier molecular flexibility index (Phi) is 6.53. The standard InChI is InChI=1S/C27H32ClF2N7O2/c1-35(2)17-5-4-10-37(13-17)26-31-12-19(28)24(34-26)32-16-8-9-20-18(11-16)21-22(25(38)36(20)3)39-14-27(29,30)23(33-21)15-6-7-15/h8-9,11-12,15,17,23,33H,4-7,10,13-14H2,1-3H3,(H,31,32,34). The van der Waals surface area contributed by atoms with Crippen LogP contribution < -0.4 is 25.8 Å². The predicted molar refractivity (Wildman–Crippen MR) is 149 cm³/mol. The van der Waals surface area contributed by atoms with Crippen LogP contribution in [0.1, 0.15) is 25.7 Å². The molecule has 0 spiro atoms. The van der Waals surface area contributed by atoms with Crippen molar-refractivity contribution >= 4 is 45.6 Å². The summed E-state index contributed by atoms with van der Waals surface area (Å²) in [5.74, 6) is -2.31. The van der Waals surface area contributed by atoms with Crippen molar-refractivity contribution in [2.45, 2.75) is 43.7 Å². The molecule has 0 bridgehead atoms. The largest absolute Gasteiger partial charge is 0.480 e. The summed E-state index contributed by atoms with van der Waals surface area (Å²) in [6.07, 6.45) is 5.19. The number of rotatable bonds is 5. The van der Waals surface area contributed by atoms with Crippen molar-refractivity contribution in [3.05, 3.63) is 39.8 Å². The van der Waals surface area contributed by atoms with Gasteiger partial charge in [0.15, 0.2) is 12.4 Å². The molecule has 2 atom stereocenters. The number of hydrogen-bond acceptors (Lipinski definition) is 8. The molecule has 39 heavy (non-hydrogen) atoms. The topological polar surface area (TPSA) is 87.5 Å². The van der Waals surface area contributed by atoms with Gasteiger partial charge in [-0.25, -0.2) is 13.8 Å². The Morgan fingerprint density at radius 3 is 2.79 bits per heavy atom. The van der Waals surface area contributed by atoms with E-state index in [1.54, 1.807) is 31.4 Å². The molecule has 3 aromatic rings. The highest BCUT2D eigenvalue weighted by atomic mass is 35.5. The van der Waals surface area contributed by atoms with Crippen LogP contribution in [0.25, 0.3) is 10.9 Å². The van der Waals surface area contributed by atoms with Gasteiger partial charge >= 0.3 is 5.92 Å². The highest BCUT2D eigenvalue weighted by Gasteiger charge is 2.51. The molecule has 2 fully saturated rings. The Bertz CT molecular complexity index is 1480. The normalized spacial score (nSPS) is 22.7. The van der Waals surface area contributed by atoms with Crippen LogP contribution in [0.3, 0.4) is 0 Å². The van der Waals surface area contributed by atoms with Crippen molar-refractivity contribution in [3.8, 4) is 5.75 Å². The third-order valence-electron chi connectivity index (χ3n) is 8.01. The maximum atomic E-state index is 14.9. The van der Waals surface area contributed by atoms with Crippen LogP contribution in [0, 0.1) is 5.92 Å². The number of alkyl halides is 2. The molecule has 3 aliphatic rings. The minimum Gasteiger partial charge on any atom is -0.480 e. The zero-order chi connectivity index (χ0) is 27.5. The van der Waals surface area contributed by atoms with E-state index in [4.69, 9.17) is 21.3 Å². The lowest BCUT2D eigenvalue weighted by Crippen LogP contribution is -2.45. The van der Waals surface area contributed by atoms with Gasteiger partial charge in [0.25, 0.3) is 5.56 Å². The van der Waals surface area contributed by atoms with Gasteiger partial charge < -0.3 is 29.7 Å². The van der Waals surface area contributed by atoms with Gasteiger partial charge in [-0.1, -0.05) is 11.6 Å². The molecule has 12 heteroatoms. The summed E-state index contributed by atoms with van der Waals surface area (Å²) in [6, 6.07) is 4.70. The van der Waals surface area contributed by atoms with Crippen molar-refractivity contribution in [3.63, 3.8) is 0 Å². The van der Waals surface area contributed by atoms with Crippen LogP contribution in [-0.2, 0) is 7.05 Å². The number of ether oxygens (including phenoxy) is 1. The summed E-state index contributed by atoms with van der Waals surface area (Å²) < 4.78 is 36.8. The van der Waals surface area contributed by atoms with Gasteiger partial charge in [0.2, 0.25) is 11.7 Å². The Balaban J connectivity index is 1.36. The molecule has 2 N–H and O–H groups in total. The molecule has 9 nitrogen and oxygen atoms in total. The number of hydrogen-bond donors (Lipinski definition) is 2. The van der Waals surface area contributed by atoms with E-state index in [9.17, 15) is 13.6 Å². The molecule has 0 amide bonds. The second-order valence-corrected chi connectivity index (χ2v) is 11.4. The van der Waals surface area contributed by atoms with Crippen molar-refractivity contribution in [2.75, 3.05) is 49.3 Å². The fourth-order valence-electron chi connectivity index (χ4n) is 5.58. The minimum absolute atomic E-state index is 0.0899. The van der Waals surface area contributed by atoms with Gasteiger partial charge in [-0.2, -0.15) is 4.98 Å². The molecule has 2 aromatic heterocycles. The van der Waals surface area contributed by atoms with E-state index < -0.39 is 24.1 Å². The van der Waals surface area contributed by atoms with Crippen molar-refractivity contribution in [1.29, 1.82) is 0 Å². The van der Waals surface area contributed by atoms with Crippen molar-refractivity contribution in [1.82, 2.24) is 19.4 Å². The summed E-state index contributed by atoms with van der Waals surface area (Å²) in [4.78, 5) is 26.6. The first-order valence-corrected chi connectivity index (χ1v) is 13.6. The number of anilines is 4. The summed E-state index contributed by atoms with van der Waals surface area (Å²) in [5.41, 5.74) is 1.07. The Labute approximate surface area is 230 Å². The number of piperidine rings is 1. The quantitative estimate of drug-likeness (QED) is 0.473. The first kappa shape index (κ1) is 26.1. The van der Waals surface area contributed by atoms with E-state index in [1.165, 1.54) is 4.57 Å². The van der Waals surface area contributed by atoms with E-state index in [1.807, 2.05) is 0 Å². The highest BCUT2D eigenvalue weighted by molar-refractivity contribution is 6.32. The Hall–Kier alpha value is -3.18. The van der Waals surface area contributed by atoms with E-state index in [-0.39, 0.29) is 11.7 Å². The van der Waals surface area contributed by atoms with E-state index >= 15 is 0 Å². The number of aromatic nitrogens is 3. The van der Waals surface area contributed by atoms with Gasteiger partial charge in [-0.15, -0.1) is 0 Å². The van der Waals surface area contributed by atoms with Gasteiger partial charge in [-0.05, 0) is 63.9 Å². The van der Waals surface area contributed by atoms with E-state index in [2.05, 4.69) is 39.5 Å². The number of benzene rings is 1. The van der Waals surface area contributed by atoms with Crippen LogP contribution in [0.2, 0.25) is 5.02 Å². The number of nitrogens with zero attached hydrogens (tertiary/aromatic N) is 5. The lowest BCUT2D eigenvalue weighted by molar-refractivity contribution is -0.0579. The van der Waals surface area contributed by atoms with Crippen LogP contribution in [0.4, 0.5) is 31.9 Å². The average molecular weight is 560 g/mol. The lowest BCUT2D eigenvalue weighted by Gasteiger charge is -2.36. The Morgan fingerprint density at radius 1 is 1.26 bits per heavy atom. The second kappa shape index (κ2) is 9.78. The molecule has 0 radical (unpaired) electrons. The van der Waals surface area contributed by atoms with Crippen molar-refractivity contribution < 1.29 is 13.5 Å². The van der Waals surface area contributed by atoms with Crippen LogP contribution in [0.15, 0.2) is 29.2 Å². The molecule has 6 rings (SSSR count). The molecule has 2 aliphatic heterocycles. The number of fused-ring (bicyclic) bond motifs is 3. The maximum Gasteiger partial charge on any atom is 0.301 e. The van der Waals surface area contributed by atoms with Crippen LogP contribution in [0.5, 0.6) is 5.75 Å². The molecule has 1 saturated heterocycles. The lowest BCUT2D eigenvalue weighted by atomic mass is 10.0. The molecule has 2 unspecified atom stereocenters. The van der Waals surface area contributed by atoms with Gasteiger partial charge in [0.05, 0.1) is 23.4 Å². The van der Waals surface area contributed by atoms with Gasteiger partial charge in [0.1, 0.15) is 5.02 Å². The monoisotopic (exact) mass is 559 g/mol. The number of aryl methyl sites for hydroxylation is 1. The average Bonchev–Trinajstić information content (AvgIpc) is 3.76. The number of pyridine rings is 1. The summed E-state index contributed by atoms with van der Waals surface area (Å²) in [7, 11) is 5.76. The van der Waals surface area contributed by atoms with E-state index in [0.717, 1.165) is 38.8 Å². The summed E-state index contributed by atoms with van der Waals surface area (Å²) >= 11 is 6.48. The van der Waals surface area contributed by atoms with E-state index in [0.29, 0.717) is 45.1 Å². The third kappa shape index (κ3) is 4.86. The first-order valence-electron chi connectivity index (χ1n) is 13.3. The highest BCUT2D eigenvalue weighted by Crippen LogP contribution is 2.45. The number of likely N-dealkylation sites (N-methyl/N-ethyl adjacent to an activating group) is 1. The maximum absolute atomic E-state index is 14.9. The van der Waals surface area contributed by atoms with Gasteiger partial charge in [0, 0.05) is 37.3 Å². The van der Waals surface area contributed by atoms with Crippen LogP contribution in [-0.4, -0.2) is 71.2 Å². The predicted octanol–water partition coefficient (Wildman–Crippen LogP) is 4.47. The van der Waals surface area contributed by atoms with Crippen molar-refractivity contribution in [2.24, 2.45) is 13.0 Å². The zero-order valence-corrected chi connectivity index (χ0v) is 22.9. The number of halogens is 3. The third-order valence-corrected chi connectivity index (χ3v) is 8.29. The van der Waals surface area contributed by atoms with Gasteiger partial charge in [-0.3, -0.25) is 4.79 Å². The molecule has 1 saturated carbocycles. The fourth-order valence-corrected chi connectivity index (χ4v) is 5.72. The van der Waals surface area contributed by atoms with Crippen LogP contribution >= 0.6 is 11.6 Å². The zero-order valence-electron chi connectivity index (χ0n) is 22.2. The minimum atomic E-state index is -3.10. The number of nitrogens with one attached hydrogen (secondary N) is 2.